The first kappa shape index (κ1) is 27.7. The molecule has 0 amide bonds. The van der Waals surface area contributed by atoms with Gasteiger partial charge in [-0.1, -0.05) is 42.2 Å². The molecule has 5 aromatic rings. The molecule has 0 atom stereocenters. The van der Waals surface area contributed by atoms with Crippen LogP contribution in [0, 0.1) is 66.4 Å². The van der Waals surface area contributed by atoms with E-state index >= 15 is 0 Å². The number of halogens is 7. The van der Waals surface area contributed by atoms with Gasteiger partial charge in [0.2, 0.25) is 0 Å². The number of benzene rings is 5. The van der Waals surface area contributed by atoms with Gasteiger partial charge in [-0.25, -0.2) is 30.7 Å². The largest absolute Gasteiger partial charge is 0.206 e. The van der Waals surface area contributed by atoms with Crippen molar-refractivity contribution in [1.82, 2.24) is 0 Å². The Hall–Kier alpha value is -4.83. The minimum Gasteiger partial charge on any atom is -0.206 e. The van der Waals surface area contributed by atoms with Crippen molar-refractivity contribution < 1.29 is 30.7 Å². The molecule has 5 rings (SSSR count). The molecule has 0 radical (unpaired) electrons. The van der Waals surface area contributed by atoms with Crippen LogP contribution in [0.25, 0.3) is 33.4 Å². The second kappa shape index (κ2) is 11.0. The summed E-state index contributed by atoms with van der Waals surface area (Å²) in [5.74, 6) is -1.91. The van der Waals surface area contributed by atoms with Crippen LogP contribution in [0.5, 0.6) is 0 Å². The summed E-state index contributed by atoms with van der Waals surface area (Å²) in [5.41, 5.74) is 1.93. The fourth-order valence-electron chi connectivity index (χ4n) is 4.50. The van der Waals surface area contributed by atoms with E-state index in [1.165, 1.54) is 36.4 Å². The third-order valence-electron chi connectivity index (χ3n) is 6.60. The quantitative estimate of drug-likeness (QED) is 0.117. The molecule has 5 aromatic carbocycles. The van der Waals surface area contributed by atoms with Crippen molar-refractivity contribution in [3.05, 3.63) is 142 Å². The highest BCUT2D eigenvalue weighted by molar-refractivity contribution is 5.72. The minimum atomic E-state index is -1.66. The molecule has 0 bridgehead atoms. The summed E-state index contributed by atoms with van der Waals surface area (Å²) in [7, 11) is 0. The predicted molar refractivity (Wildman–Crippen MR) is 144 cm³/mol. The third-order valence-corrected chi connectivity index (χ3v) is 6.60. The van der Waals surface area contributed by atoms with Crippen molar-refractivity contribution >= 4 is 0 Å². The van der Waals surface area contributed by atoms with E-state index in [1.807, 2.05) is 0 Å². The Morgan fingerprint density at radius 2 is 0.951 bits per heavy atom. The van der Waals surface area contributed by atoms with Gasteiger partial charge in [0.1, 0.15) is 23.3 Å². The molecule has 0 saturated heterocycles. The number of hydrogen-bond donors (Lipinski definition) is 0. The topological polar surface area (TPSA) is 0 Å². The van der Waals surface area contributed by atoms with Gasteiger partial charge in [0.15, 0.2) is 17.5 Å². The molecule has 204 valence electrons. The van der Waals surface area contributed by atoms with Gasteiger partial charge in [0.05, 0.1) is 5.56 Å². The molecule has 0 fully saturated rings. The first-order valence-electron chi connectivity index (χ1n) is 12.3. The molecule has 0 aliphatic heterocycles. The fourth-order valence-corrected chi connectivity index (χ4v) is 4.50. The molecule has 7 heteroatoms. The van der Waals surface area contributed by atoms with Crippen LogP contribution in [0.4, 0.5) is 30.7 Å². The zero-order valence-electron chi connectivity index (χ0n) is 21.7. The van der Waals surface area contributed by atoms with Crippen molar-refractivity contribution in [2.45, 2.75) is 13.8 Å². The van der Waals surface area contributed by atoms with Gasteiger partial charge < -0.3 is 0 Å². The molecule has 0 saturated carbocycles. The summed E-state index contributed by atoms with van der Waals surface area (Å²) in [4.78, 5) is 0. The second-order valence-corrected chi connectivity index (χ2v) is 9.53. The summed E-state index contributed by atoms with van der Waals surface area (Å²) in [6, 6.07) is 16.4. The first-order chi connectivity index (χ1) is 19.5. The zero-order valence-corrected chi connectivity index (χ0v) is 21.7. The highest BCUT2D eigenvalue weighted by Crippen LogP contribution is 2.32. The van der Waals surface area contributed by atoms with Crippen LogP contribution in [0.2, 0.25) is 0 Å². The van der Waals surface area contributed by atoms with Crippen LogP contribution in [-0.4, -0.2) is 0 Å². The number of hydrogen-bond acceptors (Lipinski definition) is 0. The number of aryl methyl sites for hydroxylation is 2. The van der Waals surface area contributed by atoms with E-state index in [2.05, 4.69) is 11.8 Å². The van der Waals surface area contributed by atoms with Crippen LogP contribution in [0.3, 0.4) is 0 Å². The standard InChI is InChI=1S/C34H19F7/c1-18-3-7-26(28(35)11-18)22-12-19(2)24(30(37)15-22)8-4-20-5-9-25(29(36)13-20)21-6-10-27(31(38)14-21)23-16-32(39)34(41)33(40)17-23/h3,5-7,9-17H,1-2H3. The molecule has 0 N–H and O–H groups in total. The third kappa shape index (κ3) is 5.59. The molecule has 0 nitrogen and oxygen atoms in total. The van der Waals surface area contributed by atoms with E-state index in [0.29, 0.717) is 23.3 Å². The maximum absolute atomic E-state index is 15.0. The molecule has 41 heavy (non-hydrogen) atoms. The van der Waals surface area contributed by atoms with E-state index in [4.69, 9.17) is 0 Å². The lowest BCUT2D eigenvalue weighted by molar-refractivity contribution is 0.447. The highest BCUT2D eigenvalue weighted by Gasteiger charge is 2.16. The normalized spacial score (nSPS) is 10.9. The minimum absolute atomic E-state index is 0.0318. The van der Waals surface area contributed by atoms with Crippen molar-refractivity contribution in [1.29, 1.82) is 0 Å². The van der Waals surface area contributed by atoms with E-state index in [9.17, 15) is 30.7 Å². The van der Waals surface area contributed by atoms with Gasteiger partial charge in [-0.05, 0) is 90.2 Å². The van der Waals surface area contributed by atoms with Crippen LogP contribution < -0.4 is 0 Å². The number of rotatable bonds is 3. The lowest BCUT2D eigenvalue weighted by atomic mass is 9.97. The monoisotopic (exact) mass is 560 g/mol. The molecule has 0 spiro atoms. The Balaban J connectivity index is 1.42. The van der Waals surface area contributed by atoms with Crippen LogP contribution in [-0.2, 0) is 0 Å². The van der Waals surface area contributed by atoms with Crippen molar-refractivity contribution in [2.75, 3.05) is 0 Å². The van der Waals surface area contributed by atoms with E-state index in [1.54, 1.807) is 32.0 Å². The zero-order chi connectivity index (χ0) is 29.4. The molecule has 0 unspecified atom stereocenters. The van der Waals surface area contributed by atoms with Crippen LogP contribution >= 0.6 is 0 Å². The average molecular weight is 561 g/mol. The van der Waals surface area contributed by atoms with E-state index < -0.39 is 40.7 Å². The van der Waals surface area contributed by atoms with Crippen molar-refractivity contribution in [2.24, 2.45) is 0 Å². The lowest BCUT2D eigenvalue weighted by Gasteiger charge is -2.09. The van der Waals surface area contributed by atoms with E-state index in [-0.39, 0.29) is 38.9 Å². The Bertz CT molecular complexity index is 1850. The molecular weight excluding hydrogens is 541 g/mol. The van der Waals surface area contributed by atoms with E-state index in [0.717, 1.165) is 17.7 Å². The fraction of sp³-hybridized carbons (Fsp3) is 0.0588. The van der Waals surface area contributed by atoms with Gasteiger partial charge in [-0.2, -0.15) is 0 Å². The van der Waals surface area contributed by atoms with Gasteiger partial charge in [0, 0.05) is 22.3 Å². The summed E-state index contributed by atoms with van der Waals surface area (Å²) < 4.78 is 99.6. The van der Waals surface area contributed by atoms with Crippen molar-refractivity contribution in [3.63, 3.8) is 0 Å². The molecule has 0 heterocycles. The maximum atomic E-state index is 15.0. The van der Waals surface area contributed by atoms with Crippen LogP contribution in [0.1, 0.15) is 22.3 Å². The van der Waals surface area contributed by atoms with Gasteiger partial charge in [0.25, 0.3) is 0 Å². The van der Waals surface area contributed by atoms with Crippen LogP contribution in [0.15, 0.2) is 78.9 Å². The Morgan fingerprint density at radius 3 is 1.56 bits per heavy atom. The summed E-state index contributed by atoms with van der Waals surface area (Å²) in [6.45, 7) is 3.39. The highest BCUT2D eigenvalue weighted by atomic mass is 19.2. The Labute approximate surface area is 231 Å². The summed E-state index contributed by atoms with van der Waals surface area (Å²) in [6.07, 6.45) is 0. The van der Waals surface area contributed by atoms with Gasteiger partial charge >= 0.3 is 0 Å². The Morgan fingerprint density at radius 1 is 0.439 bits per heavy atom. The smallest absolute Gasteiger partial charge is 0.194 e. The van der Waals surface area contributed by atoms with Crippen molar-refractivity contribution in [3.8, 4) is 45.2 Å². The molecule has 0 aliphatic rings. The summed E-state index contributed by atoms with van der Waals surface area (Å²) >= 11 is 0. The SMILES string of the molecule is Cc1ccc(-c2cc(C)c(C#Cc3ccc(-c4ccc(-c5cc(F)c(F)c(F)c5)c(F)c4)c(F)c3)c(F)c2)c(F)c1. The predicted octanol–water partition coefficient (Wildman–Crippen LogP) is 9.68. The second-order valence-electron chi connectivity index (χ2n) is 9.53. The summed E-state index contributed by atoms with van der Waals surface area (Å²) in [5, 5.41) is 0. The first-order valence-corrected chi connectivity index (χ1v) is 12.3. The van der Waals surface area contributed by atoms with Gasteiger partial charge in [-0.3, -0.25) is 0 Å². The molecular formula is C34H19F7. The molecule has 0 aliphatic carbocycles. The maximum Gasteiger partial charge on any atom is 0.194 e. The lowest BCUT2D eigenvalue weighted by Crippen LogP contribution is -1.94. The van der Waals surface area contributed by atoms with Gasteiger partial charge in [-0.15, -0.1) is 0 Å². The average Bonchev–Trinajstić information content (AvgIpc) is 2.91. The molecule has 0 aromatic heterocycles. The Kier molecular flexibility index (Phi) is 7.42.